The van der Waals surface area contributed by atoms with Crippen molar-refractivity contribution >= 4 is 27.9 Å². The molecule has 2 bridgehead atoms. The standard InChI is InChI=1S/C29H29F6N5O/c1-3-15-14-40-9-7-16(15)10-24(40)25(19-6-8-36-22-5-4-18(41-2)13-20(19)22)38-27-37-23-12-17(28(30,31)32)11-21(26(23)39-27)29(33,34)35/h4-6,8,11-13,15-16,24-25H,3,7,9-10,14H2,1-2H3,(H2,37,38,39)/t15-,16-,24+,25+/m0/s1. The quantitative estimate of drug-likeness (QED) is 0.233. The number of imidazole rings is 1. The van der Waals surface area contributed by atoms with Crippen LogP contribution in [0.5, 0.6) is 5.75 Å². The van der Waals surface area contributed by atoms with Crippen molar-refractivity contribution in [2.75, 3.05) is 25.5 Å². The van der Waals surface area contributed by atoms with Crippen LogP contribution in [-0.4, -0.2) is 46.1 Å². The van der Waals surface area contributed by atoms with Crippen LogP contribution < -0.4 is 10.1 Å². The molecule has 6 nitrogen and oxygen atoms in total. The first-order chi connectivity index (χ1) is 19.5. The summed E-state index contributed by atoms with van der Waals surface area (Å²) in [6.45, 7) is 3.98. The number of methoxy groups -OCH3 is 1. The largest absolute Gasteiger partial charge is 0.497 e. The smallest absolute Gasteiger partial charge is 0.418 e. The Morgan fingerprint density at radius 3 is 2.56 bits per heavy atom. The summed E-state index contributed by atoms with van der Waals surface area (Å²) in [7, 11) is 1.56. The Bertz CT molecular complexity index is 1580. The second-order valence-corrected chi connectivity index (χ2v) is 10.9. The summed E-state index contributed by atoms with van der Waals surface area (Å²) in [5.41, 5.74) is -2.16. The first-order valence-electron chi connectivity index (χ1n) is 13.6. The summed E-state index contributed by atoms with van der Waals surface area (Å²) < 4.78 is 87.5. The summed E-state index contributed by atoms with van der Waals surface area (Å²) in [4.78, 5) is 13.8. The summed E-state index contributed by atoms with van der Waals surface area (Å²) in [5.74, 6) is 1.66. The van der Waals surface area contributed by atoms with Crippen molar-refractivity contribution in [3.63, 3.8) is 0 Å². The predicted molar refractivity (Wildman–Crippen MR) is 143 cm³/mol. The molecule has 2 N–H and O–H groups in total. The molecule has 5 atom stereocenters. The fourth-order valence-electron chi connectivity index (χ4n) is 6.63. The van der Waals surface area contributed by atoms with Crippen molar-refractivity contribution in [3.05, 3.63) is 59.3 Å². The Hall–Kier alpha value is -3.54. The third-order valence-corrected chi connectivity index (χ3v) is 8.67. The molecule has 3 aliphatic heterocycles. The molecule has 0 radical (unpaired) electrons. The van der Waals surface area contributed by atoms with Gasteiger partial charge >= 0.3 is 12.4 Å². The number of anilines is 1. The van der Waals surface area contributed by atoms with Gasteiger partial charge in [0.25, 0.3) is 0 Å². The molecule has 41 heavy (non-hydrogen) atoms. The van der Waals surface area contributed by atoms with Gasteiger partial charge in [-0.3, -0.25) is 9.88 Å². The molecule has 0 saturated carbocycles. The fourth-order valence-corrected chi connectivity index (χ4v) is 6.63. The Kier molecular flexibility index (Phi) is 6.79. The molecule has 0 amide bonds. The summed E-state index contributed by atoms with van der Waals surface area (Å²) in [6.07, 6.45) is -5.28. The van der Waals surface area contributed by atoms with E-state index in [-0.39, 0.29) is 23.6 Å². The minimum atomic E-state index is -5.02. The van der Waals surface area contributed by atoms with E-state index in [1.807, 2.05) is 18.2 Å². The van der Waals surface area contributed by atoms with E-state index in [9.17, 15) is 26.3 Å². The number of aromatic nitrogens is 3. The number of alkyl halides is 6. The maximum atomic E-state index is 13.9. The van der Waals surface area contributed by atoms with Gasteiger partial charge in [-0.15, -0.1) is 0 Å². The van der Waals surface area contributed by atoms with Gasteiger partial charge in [0.1, 0.15) is 11.3 Å². The number of piperidine rings is 3. The van der Waals surface area contributed by atoms with Crippen LogP contribution in [0.1, 0.15) is 48.9 Å². The number of nitrogens with zero attached hydrogens (tertiary/aromatic N) is 3. The highest BCUT2D eigenvalue weighted by Crippen LogP contribution is 2.45. The number of hydrogen-bond donors (Lipinski definition) is 2. The molecule has 7 rings (SSSR count). The molecule has 3 saturated heterocycles. The lowest BCUT2D eigenvalue weighted by Crippen LogP contribution is -2.56. The second-order valence-electron chi connectivity index (χ2n) is 10.9. The molecule has 218 valence electrons. The van der Waals surface area contributed by atoms with Crippen LogP contribution in [0.4, 0.5) is 32.3 Å². The Balaban J connectivity index is 1.48. The van der Waals surface area contributed by atoms with Gasteiger partial charge in [-0.05, 0) is 73.2 Å². The van der Waals surface area contributed by atoms with Crippen molar-refractivity contribution in [3.8, 4) is 5.75 Å². The molecular weight excluding hydrogens is 548 g/mol. The number of H-pyrrole nitrogens is 1. The van der Waals surface area contributed by atoms with Gasteiger partial charge in [-0.1, -0.05) is 13.3 Å². The van der Waals surface area contributed by atoms with E-state index in [4.69, 9.17) is 4.74 Å². The van der Waals surface area contributed by atoms with E-state index in [0.717, 1.165) is 48.8 Å². The number of halogens is 6. The van der Waals surface area contributed by atoms with Crippen LogP contribution >= 0.6 is 0 Å². The molecule has 3 aliphatic rings. The minimum Gasteiger partial charge on any atom is -0.497 e. The third-order valence-electron chi connectivity index (χ3n) is 8.67. The number of nitrogens with one attached hydrogen (secondary N) is 2. The lowest BCUT2D eigenvalue weighted by molar-refractivity contribution is -0.142. The summed E-state index contributed by atoms with van der Waals surface area (Å²) in [6, 6.07) is 7.70. The van der Waals surface area contributed by atoms with Gasteiger partial charge in [0, 0.05) is 24.2 Å². The topological polar surface area (TPSA) is 66.1 Å². The number of benzene rings is 2. The van der Waals surface area contributed by atoms with Crippen molar-refractivity contribution in [2.24, 2.45) is 11.8 Å². The molecule has 2 aromatic heterocycles. The minimum absolute atomic E-state index is 0.0191. The van der Waals surface area contributed by atoms with E-state index >= 15 is 0 Å². The number of rotatable bonds is 6. The third kappa shape index (κ3) is 5.06. The summed E-state index contributed by atoms with van der Waals surface area (Å²) in [5, 5.41) is 4.12. The fraction of sp³-hybridized carbons (Fsp3) is 0.448. The van der Waals surface area contributed by atoms with Crippen molar-refractivity contribution < 1.29 is 31.1 Å². The van der Waals surface area contributed by atoms with E-state index in [2.05, 4.69) is 32.1 Å². The molecular formula is C29H29F6N5O. The Labute approximate surface area is 232 Å². The van der Waals surface area contributed by atoms with Crippen LogP contribution in [-0.2, 0) is 12.4 Å². The maximum Gasteiger partial charge on any atom is 0.418 e. The number of aromatic amines is 1. The van der Waals surface area contributed by atoms with Crippen LogP contribution in [0.2, 0.25) is 0 Å². The second kappa shape index (κ2) is 10.1. The van der Waals surface area contributed by atoms with E-state index in [1.54, 1.807) is 19.4 Å². The van der Waals surface area contributed by atoms with Crippen LogP contribution in [0.3, 0.4) is 0 Å². The first kappa shape index (κ1) is 27.6. The van der Waals surface area contributed by atoms with Gasteiger partial charge in [-0.25, -0.2) is 4.98 Å². The van der Waals surface area contributed by atoms with Crippen molar-refractivity contribution in [1.29, 1.82) is 0 Å². The van der Waals surface area contributed by atoms with E-state index < -0.39 is 35.0 Å². The van der Waals surface area contributed by atoms with Crippen LogP contribution in [0.25, 0.3) is 21.9 Å². The Morgan fingerprint density at radius 2 is 1.90 bits per heavy atom. The van der Waals surface area contributed by atoms with Crippen molar-refractivity contribution in [2.45, 2.75) is 50.6 Å². The molecule has 12 heteroatoms. The predicted octanol–water partition coefficient (Wildman–Crippen LogP) is 7.43. The molecule has 0 aliphatic carbocycles. The molecule has 5 heterocycles. The monoisotopic (exact) mass is 577 g/mol. The van der Waals surface area contributed by atoms with Crippen molar-refractivity contribution in [1.82, 2.24) is 19.9 Å². The lowest BCUT2D eigenvalue weighted by Gasteiger charge is -2.52. The molecule has 3 fully saturated rings. The highest BCUT2D eigenvalue weighted by atomic mass is 19.4. The number of fused-ring (bicyclic) bond motifs is 5. The van der Waals surface area contributed by atoms with E-state index in [0.29, 0.717) is 23.7 Å². The highest BCUT2D eigenvalue weighted by Gasteiger charge is 2.44. The molecule has 4 aromatic rings. The lowest BCUT2D eigenvalue weighted by atomic mass is 9.72. The maximum absolute atomic E-state index is 13.9. The van der Waals surface area contributed by atoms with Crippen LogP contribution in [0.15, 0.2) is 42.6 Å². The average molecular weight is 578 g/mol. The van der Waals surface area contributed by atoms with Gasteiger partial charge in [0.05, 0.1) is 35.3 Å². The zero-order valence-electron chi connectivity index (χ0n) is 22.4. The SMILES string of the molecule is CC[C@H]1CN2CC[C@H]1C[C@@H]2[C@H](Nc1nc2c(C(F)(F)F)cc(C(F)(F)F)cc2[nH]1)c1ccnc2ccc(OC)cc12. The van der Waals surface area contributed by atoms with Crippen LogP contribution in [0, 0.1) is 11.8 Å². The molecule has 0 spiro atoms. The highest BCUT2D eigenvalue weighted by molar-refractivity contribution is 5.85. The van der Waals surface area contributed by atoms with Gasteiger partial charge in [0.2, 0.25) is 5.95 Å². The zero-order valence-corrected chi connectivity index (χ0v) is 22.4. The number of ether oxygens (including phenoxy) is 1. The number of pyridine rings is 1. The van der Waals surface area contributed by atoms with Gasteiger partial charge in [-0.2, -0.15) is 26.3 Å². The summed E-state index contributed by atoms with van der Waals surface area (Å²) >= 11 is 0. The van der Waals surface area contributed by atoms with Gasteiger partial charge < -0.3 is 15.0 Å². The normalized spacial score (nSPS) is 23.7. The molecule has 2 aromatic carbocycles. The average Bonchev–Trinajstić information content (AvgIpc) is 3.36. The van der Waals surface area contributed by atoms with Gasteiger partial charge in [0.15, 0.2) is 0 Å². The Morgan fingerprint density at radius 1 is 1.10 bits per heavy atom. The first-order valence-corrected chi connectivity index (χ1v) is 13.6. The molecule has 1 unspecified atom stereocenters. The van der Waals surface area contributed by atoms with E-state index in [1.165, 1.54) is 0 Å². The number of hydrogen-bond acceptors (Lipinski definition) is 5. The zero-order chi connectivity index (χ0) is 29.1.